The average molecular weight is 674 g/mol. The minimum Gasteiger partial charge on any atom is -0.396 e. The van der Waals surface area contributed by atoms with Gasteiger partial charge in [-0.05, 0) is 12.1 Å². The van der Waals surface area contributed by atoms with Crippen molar-refractivity contribution in [3.63, 3.8) is 0 Å². The lowest BCUT2D eigenvalue weighted by molar-refractivity contribution is 0.0970. The Bertz CT molecular complexity index is 1540. The van der Waals surface area contributed by atoms with E-state index >= 15 is 0 Å². The van der Waals surface area contributed by atoms with Crippen LogP contribution in [0.1, 0.15) is 0 Å². The number of rotatable bonds is 20. The van der Waals surface area contributed by atoms with Crippen LogP contribution in [-0.2, 0) is 40.3 Å². The van der Waals surface area contributed by atoms with Crippen molar-refractivity contribution in [2.45, 2.75) is 13.1 Å². The highest BCUT2D eigenvalue weighted by Crippen LogP contribution is 2.44. The van der Waals surface area contributed by atoms with E-state index in [1.54, 1.807) is 0 Å². The number of nitrogens with one attached hydrogen (secondary N) is 2. The molecule has 1 aromatic carbocycles. The summed E-state index contributed by atoms with van der Waals surface area (Å²) in [7, 11) is -9.41. The van der Waals surface area contributed by atoms with E-state index in [0.717, 1.165) is 12.1 Å². The van der Waals surface area contributed by atoms with Gasteiger partial charge in [-0.2, -0.15) is 11.1 Å². The van der Waals surface area contributed by atoms with E-state index in [-0.39, 0.29) is 34.6 Å². The van der Waals surface area contributed by atoms with Gasteiger partial charge in [0.1, 0.15) is 0 Å². The Labute approximate surface area is 245 Å². The molecule has 0 aliphatic heterocycles. The minimum atomic E-state index is -4.70. The molecule has 0 amide bonds. The lowest BCUT2D eigenvalue weighted by atomic mass is 10.1. The molecule has 2 heterocycles. The number of aromatic nitrogens is 2. The Balaban J connectivity index is 1.71. The van der Waals surface area contributed by atoms with Gasteiger partial charge in [0.25, 0.3) is 22.2 Å². The lowest BCUT2D eigenvalue weighted by Gasteiger charge is -2.16. The fourth-order valence-corrected chi connectivity index (χ4v) is 5.59. The zero-order valence-corrected chi connectivity index (χ0v) is 24.6. The van der Waals surface area contributed by atoms with Crippen LogP contribution in [0.5, 0.6) is 0 Å². The molecule has 0 fully saturated rings. The van der Waals surface area contributed by atoms with Gasteiger partial charge in [0.15, 0.2) is 0 Å². The molecule has 0 bridgehead atoms. The molecular weight excluding hydrogens is 644 g/mol. The van der Waals surface area contributed by atoms with Crippen molar-refractivity contribution in [3.05, 3.63) is 53.5 Å². The van der Waals surface area contributed by atoms with Crippen LogP contribution in [0.4, 0.5) is 8.96 Å². The van der Waals surface area contributed by atoms with Crippen LogP contribution in [0.2, 0.25) is 0 Å². The van der Waals surface area contributed by atoms with Crippen molar-refractivity contribution < 1.29 is 56.2 Å². The first-order valence-corrected chi connectivity index (χ1v) is 15.8. The predicted molar refractivity (Wildman–Crippen MR) is 148 cm³/mol. The maximum absolute atomic E-state index is 12.9. The first kappa shape index (κ1) is 35.9. The standard InChI is InChI=1S/C22H30F2N4O14P2/c23-25-7-13(9-29)11-41-43(35,36)39-3-1-27-19(31)15-5-17-18(6-16(15)20(27)32)22(34)28(21(17)33)2-4-40-44(37,38)42-12-14(10-30)8-26-24/h5-6,13-14,25-26,29-30H,1-4,7-12H2,(H,35,36)(H,37,38). The highest BCUT2D eigenvalue weighted by Gasteiger charge is 2.26. The SMILES string of the molecule is O=c1c2cc3c(=O)n(CCOP(=O)(O)OCC(CO)CNF)c(=O)c3cc2c(=O)n1CCOP(=O)(O)OCC(CO)CNF. The topological polar surface area (TPSA) is 254 Å². The van der Waals surface area contributed by atoms with Crippen LogP contribution in [0.3, 0.4) is 0 Å². The van der Waals surface area contributed by atoms with Gasteiger partial charge in [-0.25, -0.2) is 9.13 Å². The van der Waals surface area contributed by atoms with Gasteiger partial charge in [0, 0.05) is 38.1 Å². The van der Waals surface area contributed by atoms with E-state index in [1.807, 2.05) is 0 Å². The molecule has 6 N–H and O–H groups in total. The summed E-state index contributed by atoms with van der Waals surface area (Å²) in [5, 5.41) is 17.2. The van der Waals surface area contributed by atoms with E-state index in [1.165, 1.54) is 11.1 Å². The molecule has 3 rings (SSSR count). The monoisotopic (exact) mass is 674 g/mol. The quantitative estimate of drug-likeness (QED) is 0.0580. The Morgan fingerprint density at radius 3 is 1.25 bits per heavy atom. The largest absolute Gasteiger partial charge is 0.472 e. The molecule has 0 saturated carbocycles. The molecule has 0 aliphatic carbocycles. The van der Waals surface area contributed by atoms with E-state index in [0.29, 0.717) is 9.13 Å². The van der Waals surface area contributed by atoms with Crippen molar-refractivity contribution in [3.8, 4) is 0 Å². The summed E-state index contributed by atoms with van der Waals surface area (Å²) in [5.74, 6) is -1.71. The van der Waals surface area contributed by atoms with Crippen molar-refractivity contribution in [2.75, 3.05) is 52.7 Å². The van der Waals surface area contributed by atoms with Crippen LogP contribution < -0.4 is 33.3 Å². The molecule has 0 spiro atoms. The van der Waals surface area contributed by atoms with E-state index < -0.39 is 102 Å². The maximum Gasteiger partial charge on any atom is 0.472 e. The Hall–Kier alpha value is -2.58. The number of benzene rings is 1. The average Bonchev–Trinajstić information content (AvgIpc) is 3.35. The lowest BCUT2D eigenvalue weighted by Crippen LogP contribution is -2.28. The molecular formula is C22H30F2N4O14P2. The number of fused-ring (bicyclic) bond motifs is 2. The van der Waals surface area contributed by atoms with Gasteiger partial charge in [0.2, 0.25) is 0 Å². The van der Waals surface area contributed by atoms with Crippen LogP contribution in [-0.4, -0.2) is 81.9 Å². The summed E-state index contributed by atoms with van der Waals surface area (Å²) in [6.45, 7) is -5.24. The van der Waals surface area contributed by atoms with E-state index in [9.17, 15) is 47.1 Å². The summed E-state index contributed by atoms with van der Waals surface area (Å²) in [4.78, 5) is 71.1. The third kappa shape index (κ3) is 8.78. The zero-order chi connectivity index (χ0) is 32.7. The van der Waals surface area contributed by atoms with Gasteiger partial charge in [-0.15, -0.1) is 8.96 Å². The van der Waals surface area contributed by atoms with Crippen molar-refractivity contribution in [2.24, 2.45) is 11.8 Å². The number of halogens is 2. The predicted octanol–water partition coefficient (Wildman–Crippen LogP) is -1.66. The third-order valence-electron chi connectivity index (χ3n) is 6.39. The van der Waals surface area contributed by atoms with Gasteiger partial charge in [-0.1, -0.05) is 0 Å². The number of phosphoric acid groups is 2. The second kappa shape index (κ2) is 15.6. The van der Waals surface area contributed by atoms with E-state index in [4.69, 9.17) is 19.3 Å². The highest BCUT2D eigenvalue weighted by molar-refractivity contribution is 7.47. The van der Waals surface area contributed by atoms with Crippen LogP contribution >= 0.6 is 15.6 Å². The summed E-state index contributed by atoms with van der Waals surface area (Å²) < 4.78 is 68.6. The van der Waals surface area contributed by atoms with Gasteiger partial charge in [-0.3, -0.25) is 46.4 Å². The molecule has 0 saturated heterocycles. The Morgan fingerprint density at radius 1 is 0.659 bits per heavy atom. The van der Waals surface area contributed by atoms with Gasteiger partial charge in [0.05, 0.1) is 61.1 Å². The van der Waals surface area contributed by atoms with Gasteiger partial charge < -0.3 is 20.0 Å². The zero-order valence-electron chi connectivity index (χ0n) is 22.8. The fourth-order valence-electron chi connectivity index (χ4n) is 4.02. The number of phosphoric ester groups is 2. The summed E-state index contributed by atoms with van der Waals surface area (Å²) in [6, 6.07) is 2.07. The Kier molecular flexibility index (Phi) is 12.7. The first-order chi connectivity index (χ1) is 20.8. The number of hydrogen-bond donors (Lipinski definition) is 6. The second-order valence-corrected chi connectivity index (χ2v) is 12.3. The minimum absolute atomic E-state index is 0.226. The molecule has 22 heteroatoms. The molecule has 18 nitrogen and oxygen atoms in total. The number of hydrogen-bond acceptors (Lipinski definition) is 14. The number of nitrogens with zero attached hydrogens (tertiary/aromatic N) is 2. The van der Waals surface area contributed by atoms with Crippen LogP contribution in [0, 0.1) is 11.8 Å². The maximum atomic E-state index is 12.9. The van der Waals surface area contributed by atoms with Crippen molar-refractivity contribution >= 4 is 37.2 Å². The van der Waals surface area contributed by atoms with Gasteiger partial charge >= 0.3 is 15.6 Å². The molecule has 4 atom stereocenters. The number of aliphatic hydroxyl groups excluding tert-OH is 2. The highest BCUT2D eigenvalue weighted by atomic mass is 31.2. The normalized spacial score (nSPS) is 16.3. The Morgan fingerprint density at radius 2 is 0.977 bits per heavy atom. The molecule has 2 aromatic heterocycles. The molecule has 3 aromatic rings. The molecule has 0 radical (unpaired) electrons. The van der Waals surface area contributed by atoms with E-state index in [2.05, 4.69) is 9.05 Å². The molecule has 4 unspecified atom stereocenters. The molecule has 0 aliphatic rings. The van der Waals surface area contributed by atoms with Crippen LogP contribution in [0.15, 0.2) is 31.3 Å². The second-order valence-electron chi connectivity index (χ2n) is 9.44. The smallest absolute Gasteiger partial charge is 0.396 e. The first-order valence-electron chi connectivity index (χ1n) is 12.8. The summed E-state index contributed by atoms with van der Waals surface area (Å²) in [6.07, 6.45) is 0. The van der Waals surface area contributed by atoms with Crippen molar-refractivity contribution in [1.29, 1.82) is 0 Å². The summed E-state index contributed by atoms with van der Waals surface area (Å²) in [5.41, 5.74) is -0.983. The molecule has 44 heavy (non-hydrogen) atoms. The summed E-state index contributed by atoms with van der Waals surface area (Å²) >= 11 is 0. The molecule has 246 valence electrons. The number of aliphatic hydroxyl groups is 2. The fraction of sp³-hybridized carbons (Fsp3) is 0.545. The van der Waals surface area contributed by atoms with Crippen LogP contribution in [0.25, 0.3) is 21.5 Å². The third-order valence-corrected chi connectivity index (χ3v) is 8.36. The van der Waals surface area contributed by atoms with Crippen molar-refractivity contribution in [1.82, 2.24) is 20.2 Å².